The summed E-state index contributed by atoms with van der Waals surface area (Å²) in [6, 6.07) is 0. The van der Waals surface area contributed by atoms with Crippen LogP contribution in [0.3, 0.4) is 0 Å². The molecule has 10 heavy (non-hydrogen) atoms. The largest absolute Gasteiger partial charge is 0.396 e. The Labute approximate surface area is 61.0 Å². The lowest BCUT2D eigenvalue weighted by Crippen LogP contribution is -2.43. The molecule has 3 N–H and O–H groups in total. The second-order valence-electron chi connectivity index (χ2n) is 2.90. The van der Waals surface area contributed by atoms with E-state index in [0.29, 0.717) is 0 Å². The van der Waals surface area contributed by atoms with Gasteiger partial charge < -0.3 is 10.8 Å². The second-order valence-corrected chi connectivity index (χ2v) is 2.90. The molecule has 0 aromatic carbocycles. The van der Waals surface area contributed by atoms with Crippen molar-refractivity contribution < 1.29 is 5.11 Å². The molecule has 0 saturated heterocycles. The number of aliphatic hydroxyl groups is 1. The molecule has 2 heteroatoms. The van der Waals surface area contributed by atoms with Gasteiger partial charge >= 0.3 is 0 Å². The van der Waals surface area contributed by atoms with Crippen LogP contribution in [0.1, 0.15) is 6.92 Å². The highest BCUT2D eigenvalue weighted by atomic mass is 16.3. The van der Waals surface area contributed by atoms with Gasteiger partial charge in [-0.3, -0.25) is 0 Å². The zero-order valence-corrected chi connectivity index (χ0v) is 6.12. The Morgan fingerprint density at radius 2 is 2.30 bits per heavy atom. The zero-order chi connectivity index (χ0) is 7.61. The van der Waals surface area contributed by atoms with Crippen molar-refractivity contribution in [3.8, 4) is 0 Å². The van der Waals surface area contributed by atoms with E-state index in [4.69, 9.17) is 10.8 Å². The maximum absolute atomic E-state index is 8.86. The zero-order valence-electron chi connectivity index (χ0n) is 6.12. The summed E-state index contributed by atoms with van der Waals surface area (Å²) in [4.78, 5) is 0. The van der Waals surface area contributed by atoms with Gasteiger partial charge in [0.25, 0.3) is 0 Å². The van der Waals surface area contributed by atoms with Gasteiger partial charge in [0.05, 0.1) is 6.61 Å². The van der Waals surface area contributed by atoms with Crippen molar-refractivity contribution in [2.24, 2.45) is 11.7 Å². The summed E-state index contributed by atoms with van der Waals surface area (Å²) in [7, 11) is 0. The smallest absolute Gasteiger partial charge is 0.0514 e. The maximum atomic E-state index is 8.86. The van der Waals surface area contributed by atoms with E-state index < -0.39 is 0 Å². The molecular formula is C8H13NO. The molecule has 2 atom stereocenters. The van der Waals surface area contributed by atoms with Gasteiger partial charge in [-0.05, 0) is 6.92 Å². The minimum absolute atomic E-state index is 0.0671. The van der Waals surface area contributed by atoms with Crippen molar-refractivity contribution >= 4 is 0 Å². The number of nitrogens with two attached hydrogens (primary N) is 1. The molecule has 0 bridgehead atoms. The minimum atomic E-state index is -0.372. The van der Waals surface area contributed by atoms with Crippen LogP contribution in [0, 0.1) is 5.92 Å². The minimum Gasteiger partial charge on any atom is -0.396 e. The van der Waals surface area contributed by atoms with Gasteiger partial charge in [0.1, 0.15) is 0 Å². The standard InChI is InChI=1S/C8H13NO/c1-8(9)5-3-2-4-7(8)6-10/h2-5,7,10H,6,9H2,1H3/t7-,8+/m0/s1. The van der Waals surface area contributed by atoms with E-state index >= 15 is 0 Å². The summed E-state index contributed by atoms with van der Waals surface area (Å²) < 4.78 is 0. The molecule has 0 heterocycles. The highest BCUT2D eigenvalue weighted by Crippen LogP contribution is 2.20. The Morgan fingerprint density at radius 1 is 1.60 bits per heavy atom. The van der Waals surface area contributed by atoms with Gasteiger partial charge in [0.15, 0.2) is 0 Å². The summed E-state index contributed by atoms with van der Waals surface area (Å²) >= 11 is 0. The van der Waals surface area contributed by atoms with Crippen molar-refractivity contribution in [3.05, 3.63) is 24.3 Å². The highest BCUT2D eigenvalue weighted by molar-refractivity contribution is 5.22. The summed E-state index contributed by atoms with van der Waals surface area (Å²) in [5.41, 5.74) is 5.46. The summed E-state index contributed by atoms with van der Waals surface area (Å²) in [5.74, 6) is 0.0671. The molecule has 56 valence electrons. The van der Waals surface area contributed by atoms with Crippen LogP contribution < -0.4 is 5.73 Å². The van der Waals surface area contributed by atoms with E-state index in [1.54, 1.807) is 0 Å². The average Bonchev–Trinajstić information content (AvgIpc) is 1.87. The van der Waals surface area contributed by atoms with Crippen LogP contribution in [0.25, 0.3) is 0 Å². The second kappa shape index (κ2) is 2.56. The first kappa shape index (κ1) is 7.51. The van der Waals surface area contributed by atoms with Crippen LogP contribution in [0.5, 0.6) is 0 Å². The Kier molecular flexibility index (Phi) is 1.92. The highest BCUT2D eigenvalue weighted by Gasteiger charge is 2.25. The van der Waals surface area contributed by atoms with Gasteiger partial charge in [-0.1, -0.05) is 24.3 Å². The van der Waals surface area contributed by atoms with E-state index in [1.807, 2.05) is 31.2 Å². The Hall–Kier alpha value is -0.600. The molecule has 1 aliphatic rings. The Balaban J connectivity index is 2.74. The topological polar surface area (TPSA) is 46.2 Å². The number of allylic oxidation sites excluding steroid dienone is 2. The van der Waals surface area contributed by atoms with Crippen LogP contribution in [0.4, 0.5) is 0 Å². The molecule has 0 fully saturated rings. The molecule has 0 aromatic heterocycles. The lowest BCUT2D eigenvalue weighted by molar-refractivity contribution is 0.214. The van der Waals surface area contributed by atoms with Gasteiger partial charge in [-0.15, -0.1) is 0 Å². The van der Waals surface area contributed by atoms with Crippen LogP contribution in [0.15, 0.2) is 24.3 Å². The van der Waals surface area contributed by atoms with Crippen LogP contribution in [-0.2, 0) is 0 Å². The molecule has 1 rings (SSSR count). The molecule has 0 spiro atoms. The van der Waals surface area contributed by atoms with Gasteiger partial charge in [0, 0.05) is 11.5 Å². The van der Waals surface area contributed by atoms with Gasteiger partial charge in [0.2, 0.25) is 0 Å². The predicted molar refractivity (Wildman–Crippen MR) is 41.4 cm³/mol. The van der Waals surface area contributed by atoms with E-state index in [0.717, 1.165) is 0 Å². The summed E-state index contributed by atoms with van der Waals surface area (Å²) in [6.45, 7) is 2.03. The quantitative estimate of drug-likeness (QED) is 0.553. The lowest BCUT2D eigenvalue weighted by atomic mass is 9.84. The molecule has 1 aliphatic carbocycles. The number of rotatable bonds is 1. The number of hydrogen-bond donors (Lipinski definition) is 2. The fraction of sp³-hybridized carbons (Fsp3) is 0.500. The summed E-state index contributed by atoms with van der Waals surface area (Å²) in [5, 5.41) is 8.86. The molecule has 0 aliphatic heterocycles. The third-order valence-corrected chi connectivity index (χ3v) is 1.91. The monoisotopic (exact) mass is 139 g/mol. The molecular weight excluding hydrogens is 126 g/mol. The van der Waals surface area contributed by atoms with Gasteiger partial charge in [-0.25, -0.2) is 0 Å². The van der Waals surface area contributed by atoms with E-state index in [1.165, 1.54) is 0 Å². The van der Waals surface area contributed by atoms with E-state index in [9.17, 15) is 0 Å². The first-order valence-electron chi connectivity index (χ1n) is 3.42. The van der Waals surface area contributed by atoms with Gasteiger partial charge in [-0.2, -0.15) is 0 Å². The predicted octanol–water partition coefficient (Wildman–Crippen LogP) is 0.438. The molecule has 0 saturated carbocycles. The molecule has 0 aromatic rings. The molecule has 0 unspecified atom stereocenters. The number of aliphatic hydroxyl groups excluding tert-OH is 1. The van der Waals surface area contributed by atoms with Crippen molar-refractivity contribution in [2.45, 2.75) is 12.5 Å². The molecule has 0 amide bonds. The first-order chi connectivity index (χ1) is 4.67. The molecule has 2 nitrogen and oxygen atoms in total. The van der Waals surface area contributed by atoms with Crippen LogP contribution >= 0.6 is 0 Å². The SMILES string of the molecule is C[C@@]1(N)C=CC=C[C@H]1CO. The third kappa shape index (κ3) is 1.28. The fourth-order valence-electron chi connectivity index (χ4n) is 1.05. The van der Waals surface area contributed by atoms with Crippen LogP contribution in [-0.4, -0.2) is 17.3 Å². The van der Waals surface area contributed by atoms with E-state index in [-0.39, 0.29) is 18.1 Å². The normalized spacial score (nSPS) is 38.5. The third-order valence-electron chi connectivity index (χ3n) is 1.91. The maximum Gasteiger partial charge on any atom is 0.0514 e. The lowest BCUT2D eigenvalue weighted by Gasteiger charge is -2.29. The summed E-state index contributed by atoms with van der Waals surface area (Å²) in [6.07, 6.45) is 7.66. The average molecular weight is 139 g/mol. The van der Waals surface area contributed by atoms with Crippen molar-refractivity contribution in [1.29, 1.82) is 0 Å². The van der Waals surface area contributed by atoms with E-state index in [2.05, 4.69) is 0 Å². The molecule has 0 radical (unpaired) electrons. The Bertz CT molecular complexity index is 170. The van der Waals surface area contributed by atoms with Crippen molar-refractivity contribution in [1.82, 2.24) is 0 Å². The van der Waals surface area contributed by atoms with Crippen molar-refractivity contribution in [2.75, 3.05) is 6.61 Å². The van der Waals surface area contributed by atoms with Crippen LogP contribution in [0.2, 0.25) is 0 Å². The van der Waals surface area contributed by atoms with Crippen molar-refractivity contribution in [3.63, 3.8) is 0 Å². The number of hydrogen-bond acceptors (Lipinski definition) is 2. The fourth-order valence-corrected chi connectivity index (χ4v) is 1.05. The Morgan fingerprint density at radius 3 is 2.70 bits per heavy atom. The first-order valence-corrected chi connectivity index (χ1v) is 3.42.